The molecule has 0 atom stereocenters. The van der Waals surface area contributed by atoms with E-state index in [1.807, 2.05) is 12.1 Å². The third-order valence-electron chi connectivity index (χ3n) is 7.19. The fraction of sp³-hybridized carbons (Fsp3) is 0.250. The zero-order chi connectivity index (χ0) is 31.3. The van der Waals surface area contributed by atoms with Crippen LogP contribution < -0.4 is 9.47 Å². The van der Waals surface area contributed by atoms with Gasteiger partial charge in [-0.2, -0.15) is 0 Å². The SMILES string of the molecule is C=C(C)C(=O)OCCCc1ccc(-c2ccc(-c3ccc(OC(=O)C(=C)C)cc3OC(=O)C(=C)C)cc2F)c2c1CCC2. The normalized spacial score (nSPS) is 11.8. The summed E-state index contributed by atoms with van der Waals surface area (Å²) in [7, 11) is 0. The fourth-order valence-electron chi connectivity index (χ4n) is 4.99. The second-order valence-electron chi connectivity index (χ2n) is 10.8. The van der Waals surface area contributed by atoms with Gasteiger partial charge in [-0.25, -0.2) is 18.8 Å². The first-order valence-electron chi connectivity index (χ1n) is 14.1. The van der Waals surface area contributed by atoms with Crippen molar-refractivity contribution in [3.63, 3.8) is 0 Å². The van der Waals surface area contributed by atoms with Crippen molar-refractivity contribution in [2.45, 2.75) is 52.9 Å². The second kappa shape index (κ2) is 13.5. The highest BCUT2D eigenvalue weighted by Crippen LogP contribution is 2.39. The number of aryl methyl sites for hydroxylation is 1. The third kappa shape index (κ3) is 7.36. The van der Waals surface area contributed by atoms with Gasteiger partial charge in [-0.05, 0) is 98.9 Å². The highest BCUT2D eigenvalue weighted by molar-refractivity contribution is 5.91. The van der Waals surface area contributed by atoms with Crippen LogP contribution in [0, 0.1) is 5.82 Å². The minimum absolute atomic E-state index is 0.103. The Morgan fingerprint density at radius 2 is 1.37 bits per heavy atom. The number of hydrogen-bond donors (Lipinski definition) is 0. The van der Waals surface area contributed by atoms with E-state index in [0.717, 1.165) is 36.8 Å². The lowest BCUT2D eigenvalue weighted by molar-refractivity contribution is -0.139. The summed E-state index contributed by atoms with van der Waals surface area (Å²) in [6.45, 7) is 15.8. The quantitative estimate of drug-likeness (QED) is 0.1000. The summed E-state index contributed by atoms with van der Waals surface area (Å²) in [5.74, 6) is -1.82. The maximum Gasteiger partial charge on any atom is 0.338 e. The highest BCUT2D eigenvalue weighted by Gasteiger charge is 2.22. The van der Waals surface area contributed by atoms with Crippen molar-refractivity contribution in [3.8, 4) is 33.8 Å². The van der Waals surface area contributed by atoms with Crippen LogP contribution in [-0.2, 0) is 38.4 Å². The van der Waals surface area contributed by atoms with Gasteiger partial charge in [-0.1, -0.05) is 44.0 Å². The fourth-order valence-corrected chi connectivity index (χ4v) is 4.99. The Morgan fingerprint density at radius 3 is 2.05 bits per heavy atom. The molecule has 0 bridgehead atoms. The number of benzene rings is 3. The van der Waals surface area contributed by atoms with E-state index in [2.05, 4.69) is 19.7 Å². The van der Waals surface area contributed by atoms with Crippen LogP contribution in [0.5, 0.6) is 11.5 Å². The zero-order valence-corrected chi connectivity index (χ0v) is 24.8. The number of ether oxygens (including phenoxy) is 3. The second-order valence-corrected chi connectivity index (χ2v) is 10.8. The van der Waals surface area contributed by atoms with Crippen molar-refractivity contribution >= 4 is 17.9 Å². The molecular formula is C36H35FO6. The van der Waals surface area contributed by atoms with E-state index in [1.165, 1.54) is 37.1 Å². The number of carbonyl (C=O) groups excluding carboxylic acids is 3. The van der Waals surface area contributed by atoms with Crippen LogP contribution in [0.15, 0.2) is 85.0 Å². The van der Waals surface area contributed by atoms with E-state index in [-0.39, 0.29) is 28.6 Å². The topological polar surface area (TPSA) is 78.9 Å². The van der Waals surface area contributed by atoms with Crippen molar-refractivity contribution in [2.24, 2.45) is 0 Å². The molecule has 1 aliphatic carbocycles. The van der Waals surface area contributed by atoms with E-state index in [9.17, 15) is 14.4 Å². The number of esters is 3. The van der Waals surface area contributed by atoms with Gasteiger partial charge in [-0.15, -0.1) is 0 Å². The van der Waals surface area contributed by atoms with Gasteiger partial charge in [0.2, 0.25) is 0 Å². The van der Waals surface area contributed by atoms with E-state index in [1.54, 1.807) is 31.2 Å². The number of rotatable bonds is 11. The number of halogens is 1. The molecule has 4 rings (SSSR count). The van der Waals surface area contributed by atoms with Gasteiger partial charge in [0.15, 0.2) is 0 Å². The minimum atomic E-state index is -0.661. The average molecular weight is 583 g/mol. The lowest BCUT2D eigenvalue weighted by Crippen LogP contribution is -2.11. The van der Waals surface area contributed by atoms with E-state index in [4.69, 9.17) is 14.2 Å². The minimum Gasteiger partial charge on any atom is -0.462 e. The van der Waals surface area contributed by atoms with E-state index < -0.39 is 17.8 Å². The van der Waals surface area contributed by atoms with Crippen LogP contribution in [0.4, 0.5) is 4.39 Å². The van der Waals surface area contributed by atoms with Crippen LogP contribution in [0.1, 0.15) is 50.3 Å². The van der Waals surface area contributed by atoms with Gasteiger partial charge in [0, 0.05) is 33.9 Å². The highest BCUT2D eigenvalue weighted by atomic mass is 19.1. The largest absolute Gasteiger partial charge is 0.462 e. The first-order valence-corrected chi connectivity index (χ1v) is 14.1. The molecule has 7 heteroatoms. The molecule has 0 unspecified atom stereocenters. The Kier molecular flexibility index (Phi) is 9.76. The standard InChI is InChI=1S/C36H35FO6/c1-21(2)34(38)41-18-8-9-24-12-15-30(29-11-7-10-27(24)29)31-16-13-25(19-32(31)37)28-17-14-26(42-35(39)22(3)4)20-33(28)43-36(40)23(5)6/h12-17,19-20H,1,3,5,7-11,18H2,2,4,6H3. The molecule has 0 radical (unpaired) electrons. The summed E-state index contributed by atoms with van der Waals surface area (Å²) < 4.78 is 31.8. The molecule has 0 heterocycles. The molecule has 43 heavy (non-hydrogen) atoms. The van der Waals surface area contributed by atoms with Crippen molar-refractivity contribution in [1.29, 1.82) is 0 Å². The predicted octanol–water partition coefficient (Wildman–Crippen LogP) is 7.66. The molecule has 3 aromatic carbocycles. The van der Waals surface area contributed by atoms with E-state index in [0.29, 0.717) is 35.3 Å². The summed E-state index contributed by atoms with van der Waals surface area (Å²) in [5.41, 5.74) is 6.61. The Morgan fingerprint density at radius 1 is 0.744 bits per heavy atom. The molecular weight excluding hydrogens is 547 g/mol. The molecule has 0 N–H and O–H groups in total. The van der Waals surface area contributed by atoms with E-state index >= 15 is 4.39 Å². The Bertz CT molecular complexity index is 1650. The molecule has 0 aromatic heterocycles. The predicted molar refractivity (Wildman–Crippen MR) is 164 cm³/mol. The van der Waals surface area contributed by atoms with Crippen molar-refractivity contribution < 1.29 is 33.0 Å². The maximum atomic E-state index is 15.8. The van der Waals surface area contributed by atoms with Gasteiger partial charge < -0.3 is 14.2 Å². The summed E-state index contributed by atoms with van der Waals surface area (Å²) in [4.78, 5) is 36.1. The van der Waals surface area contributed by atoms with Gasteiger partial charge in [0.25, 0.3) is 0 Å². The van der Waals surface area contributed by atoms with Gasteiger partial charge in [0.05, 0.1) is 6.61 Å². The molecule has 0 fully saturated rings. The lowest BCUT2D eigenvalue weighted by Gasteiger charge is -2.16. The Balaban J connectivity index is 1.62. The summed E-state index contributed by atoms with van der Waals surface area (Å²) in [5, 5.41) is 0. The van der Waals surface area contributed by atoms with Crippen LogP contribution >= 0.6 is 0 Å². The molecule has 6 nitrogen and oxygen atoms in total. The van der Waals surface area contributed by atoms with Crippen LogP contribution in [0.3, 0.4) is 0 Å². The summed E-state index contributed by atoms with van der Waals surface area (Å²) in [6, 6.07) is 13.5. The summed E-state index contributed by atoms with van der Waals surface area (Å²) >= 11 is 0. The van der Waals surface area contributed by atoms with Crippen LogP contribution in [0.25, 0.3) is 22.3 Å². The average Bonchev–Trinajstić information content (AvgIpc) is 3.46. The molecule has 222 valence electrons. The first-order chi connectivity index (χ1) is 20.5. The Labute approximate surface area is 251 Å². The summed E-state index contributed by atoms with van der Waals surface area (Å²) in [6.07, 6.45) is 4.22. The molecule has 1 aliphatic rings. The smallest absolute Gasteiger partial charge is 0.338 e. The first kappa shape index (κ1) is 31.2. The van der Waals surface area contributed by atoms with Crippen molar-refractivity contribution in [1.82, 2.24) is 0 Å². The Hall–Kier alpha value is -4.78. The van der Waals surface area contributed by atoms with Gasteiger partial charge in [0.1, 0.15) is 17.3 Å². The van der Waals surface area contributed by atoms with Crippen LogP contribution in [-0.4, -0.2) is 24.5 Å². The van der Waals surface area contributed by atoms with Crippen molar-refractivity contribution in [3.05, 3.63) is 107 Å². The lowest BCUT2D eigenvalue weighted by atomic mass is 9.91. The zero-order valence-electron chi connectivity index (χ0n) is 24.8. The maximum absolute atomic E-state index is 15.8. The number of carbonyl (C=O) groups is 3. The van der Waals surface area contributed by atoms with Crippen molar-refractivity contribution in [2.75, 3.05) is 6.61 Å². The number of hydrogen-bond acceptors (Lipinski definition) is 6. The molecule has 0 aliphatic heterocycles. The molecule has 0 spiro atoms. The molecule has 0 amide bonds. The molecule has 0 saturated heterocycles. The monoisotopic (exact) mass is 582 g/mol. The van der Waals surface area contributed by atoms with Crippen LogP contribution in [0.2, 0.25) is 0 Å². The number of fused-ring (bicyclic) bond motifs is 1. The third-order valence-corrected chi connectivity index (χ3v) is 7.19. The molecule has 0 saturated carbocycles. The van der Waals surface area contributed by atoms with Gasteiger partial charge >= 0.3 is 17.9 Å². The molecule has 3 aromatic rings. The van der Waals surface area contributed by atoms with Gasteiger partial charge in [-0.3, -0.25) is 0 Å².